The second kappa shape index (κ2) is 5.00. The van der Waals surface area contributed by atoms with Crippen LogP contribution in [0.5, 0.6) is 10.9 Å². The SMILES string of the molecule is CNCc1nnc(Oc2ccc(C)nc2)s1. The van der Waals surface area contributed by atoms with E-state index in [2.05, 4.69) is 20.5 Å². The highest BCUT2D eigenvalue weighted by Crippen LogP contribution is 2.24. The summed E-state index contributed by atoms with van der Waals surface area (Å²) in [5.41, 5.74) is 0.959. The number of hydrogen-bond acceptors (Lipinski definition) is 6. The van der Waals surface area contributed by atoms with Crippen molar-refractivity contribution >= 4 is 11.3 Å². The minimum absolute atomic E-state index is 0.538. The predicted octanol–water partition coefficient (Wildman–Crippen LogP) is 1.75. The van der Waals surface area contributed by atoms with Crippen LogP contribution in [-0.4, -0.2) is 22.2 Å². The van der Waals surface area contributed by atoms with Gasteiger partial charge in [0.1, 0.15) is 10.8 Å². The molecule has 6 heteroatoms. The maximum absolute atomic E-state index is 5.51. The van der Waals surface area contributed by atoms with Gasteiger partial charge in [-0.2, -0.15) is 0 Å². The van der Waals surface area contributed by atoms with Crippen LogP contribution in [0.25, 0.3) is 0 Å². The molecule has 0 unspecified atom stereocenters. The van der Waals surface area contributed by atoms with Crippen molar-refractivity contribution in [3.8, 4) is 10.9 Å². The van der Waals surface area contributed by atoms with Crippen molar-refractivity contribution < 1.29 is 4.74 Å². The number of nitrogens with zero attached hydrogens (tertiary/aromatic N) is 3. The maximum Gasteiger partial charge on any atom is 0.299 e. The highest BCUT2D eigenvalue weighted by atomic mass is 32.1. The molecule has 0 saturated heterocycles. The molecule has 0 saturated carbocycles. The lowest BCUT2D eigenvalue weighted by molar-refractivity contribution is 0.470. The number of aromatic nitrogens is 3. The second-order valence-electron chi connectivity index (χ2n) is 3.23. The van der Waals surface area contributed by atoms with E-state index in [0.29, 0.717) is 17.5 Å². The summed E-state index contributed by atoms with van der Waals surface area (Å²) in [5, 5.41) is 12.4. The fourth-order valence-electron chi connectivity index (χ4n) is 1.12. The molecule has 0 spiro atoms. The third-order valence-electron chi connectivity index (χ3n) is 1.87. The van der Waals surface area contributed by atoms with Crippen molar-refractivity contribution in [3.63, 3.8) is 0 Å². The Morgan fingerprint density at radius 2 is 2.25 bits per heavy atom. The number of hydrogen-bond donors (Lipinski definition) is 1. The van der Waals surface area contributed by atoms with Gasteiger partial charge in [0.25, 0.3) is 5.19 Å². The van der Waals surface area contributed by atoms with E-state index >= 15 is 0 Å². The fourth-order valence-corrected chi connectivity index (χ4v) is 1.84. The van der Waals surface area contributed by atoms with Crippen LogP contribution < -0.4 is 10.1 Å². The number of pyridine rings is 1. The van der Waals surface area contributed by atoms with E-state index in [-0.39, 0.29) is 0 Å². The van der Waals surface area contributed by atoms with E-state index in [1.807, 2.05) is 26.1 Å². The first-order valence-electron chi connectivity index (χ1n) is 4.85. The lowest BCUT2D eigenvalue weighted by atomic mass is 10.4. The molecule has 16 heavy (non-hydrogen) atoms. The second-order valence-corrected chi connectivity index (χ2v) is 4.25. The Bertz CT molecular complexity index is 454. The van der Waals surface area contributed by atoms with Crippen LogP contribution in [0, 0.1) is 6.92 Å². The summed E-state index contributed by atoms with van der Waals surface area (Å²) in [6, 6.07) is 3.76. The van der Waals surface area contributed by atoms with E-state index < -0.39 is 0 Å². The first-order valence-corrected chi connectivity index (χ1v) is 5.67. The van der Waals surface area contributed by atoms with Gasteiger partial charge in [0, 0.05) is 12.2 Å². The molecule has 0 bridgehead atoms. The van der Waals surface area contributed by atoms with Gasteiger partial charge in [0.15, 0.2) is 0 Å². The third-order valence-corrected chi connectivity index (χ3v) is 2.67. The smallest absolute Gasteiger partial charge is 0.299 e. The van der Waals surface area contributed by atoms with Crippen LogP contribution in [0.15, 0.2) is 18.3 Å². The van der Waals surface area contributed by atoms with Crippen molar-refractivity contribution in [3.05, 3.63) is 29.0 Å². The molecular weight excluding hydrogens is 224 g/mol. The Morgan fingerprint density at radius 3 is 2.94 bits per heavy atom. The van der Waals surface area contributed by atoms with Gasteiger partial charge in [-0.3, -0.25) is 4.98 Å². The van der Waals surface area contributed by atoms with E-state index in [9.17, 15) is 0 Å². The Balaban J connectivity index is 2.05. The maximum atomic E-state index is 5.51. The topological polar surface area (TPSA) is 59.9 Å². The Hall–Kier alpha value is -1.53. The van der Waals surface area contributed by atoms with Crippen LogP contribution in [-0.2, 0) is 6.54 Å². The largest absolute Gasteiger partial charge is 0.428 e. The third kappa shape index (κ3) is 2.74. The summed E-state index contributed by atoms with van der Waals surface area (Å²) in [5.74, 6) is 0.678. The zero-order chi connectivity index (χ0) is 11.4. The van der Waals surface area contributed by atoms with Crippen molar-refractivity contribution in [2.24, 2.45) is 0 Å². The molecule has 84 valence electrons. The van der Waals surface area contributed by atoms with E-state index in [1.165, 1.54) is 11.3 Å². The number of aryl methyl sites for hydroxylation is 1. The van der Waals surface area contributed by atoms with Crippen molar-refractivity contribution in [1.82, 2.24) is 20.5 Å². The highest BCUT2D eigenvalue weighted by Gasteiger charge is 2.05. The Labute approximate surface area is 97.5 Å². The molecule has 0 aliphatic carbocycles. The molecule has 5 nitrogen and oxygen atoms in total. The van der Waals surface area contributed by atoms with Crippen LogP contribution in [0.2, 0.25) is 0 Å². The van der Waals surface area contributed by atoms with Gasteiger partial charge >= 0.3 is 0 Å². The van der Waals surface area contributed by atoms with E-state index in [1.54, 1.807) is 6.20 Å². The van der Waals surface area contributed by atoms with Gasteiger partial charge in [-0.15, -0.1) is 5.10 Å². The van der Waals surface area contributed by atoms with Crippen molar-refractivity contribution in [1.29, 1.82) is 0 Å². The van der Waals surface area contributed by atoms with Gasteiger partial charge in [0.05, 0.1) is 6.20 Å². The standard InChI is InChI=1S/C10H12N4OS/c1-7-3-4-8(5-12-7)15-10-14-13-9(16-10)6-11-2/h3-5,11H,6H2,1-2H3. The fraction of sp³-hybridized carbons (Fsp3) is 0.300. The molecule has 0 amide bonds. The number of rotatable bonds is 4. The molecule has 2 heterocycles. The first kappa shape index (κ1) is 11.0. The monoisotopic (exact) mass is 236 g/mol. The molecule has 0 aliphatic rings. The summed E-state index contributed by atoms with van der Waals surface area (Å²) >= 11 is 1.42. The molecule has 0 fully saturated rings. The van der Waals surface area contributed by atoms with Crippen LogP contribution >= 0.6 is 11.3 Å². The summed E-state index contributed by atoms with van der Waals surface area (Å²) in [6.07, 6.45) is 1.68. The summed E-state index contributed by atoms with van der Waals surface area (Å²) in [7, 11) is 1.87. The van der Waals surface area contributed by atoms with Crippen LogP contribution in [0.4, 0.5) is 0 Å². The lowest BCUT2D eigenvalue weighted by Gasteiger charge is -1.99. The lowest BCUT2D eigenvalue weighted by Crippen LogP contribution is -2.04. The highest BCUT2D eigenvalue weighted by molar-refractivity contribution is 7.13. The summed E-state index contributed by atoms with van der Waals surface area (Å²) in [6.45, 7) is 2.63. The van der Waals surface area contributed by atoms with Gasteiger partial charge < -0.3 is 10.1 Å². The van der Waals surface area contributed by atoms with Gasteiger partial charge in [-0.05, 0) is 26.1 Å². The predicted molar refractivity (Wildman–Crippen MR) is 61.7 cm³/mol. The van der Waals surface area contributed by atoms with Crippen molar-refractivity contribution in [2.45, 2.75) is 13.5 Å². The number of nitrogens with one attached hydrogen (secondary N) is 1. The molecule has 0 radical (unpaired) electrons. The molecule has 1 N–H and O–H groups in total. The van der Waals surface area contributed by atoms with Gasteiger partial charge in [0.2, 0.25) is 0 Å². The molecule has 2 rings (SSSR count). The molecule has 2 aromatic heterocycles. The van der Waals surface area contributed by atoms with E-state index in [4.69, 9.17) is 4.74 Å². The summed E-state index contributed by atoms with van der Waals surface area (Å²) < 4.78 is 5.51. The minimum Gasteiger partial charge on any atom is -0.428 e. The Kier molecular flexibility index (Phi) is 3.43. The average molecular weight is 236 g/mol. The molecular formula is C10H12N4OS. The summed E-state index contributed by atoms with van der Waals surface area (Å²) in [4.78, 5) is 4.14. The molecule has 0 atom stereocenters. The molecule has 0 aromatic carbocycles. The van der Waals surface area contributed by atoms with Gasteiger partial charge in [-0.25, -0.2) is 0 Å². The average Bonchev–Trinajstić information content (AvgIpc) is 2.70. The Morgan fingerprint density at radius 1 is 1.38 bits per heavy atom. The van der Waals surface area contributed by atoms with Crippen LogP contribution in [0.3, 0.4) is 0 Å². The normalized spacial score (nSPS) is 10.4. The van der Waals surface area contributed by atoms with Gasteiger partial charge in [-0.1, -0.05) is 16.4 Å². The quantitative estimate of drug-likeness (QED) is 0.876. The molecule has 0 aliphatic heterocycles. The number of ether oxygens (including phenoxy) is 1. The molecule has 2 aromatic rings. The van der Waals surface area contributed by atoms with E-state index in [0.717, 1.165) is 10.7 Å². The zero-order valence-corrected chi connectivity index (χ0v) is 9.91. The first-order chi connectivity index (χ1) is 7.78. The van der Waals surface area contributed by atoms with Crippen LogP contribution in [0.1, 0.15) is 10.7 Å². The van der Waals surface area contributed by atoms with Crippen molar-refractivity contribution in [2.75, 3.05) is 7.05 Å². The zero-order valence-electron chi connectivity index (χ0n) is 9.10. The minimum atomic E-state index is 0.538.